The number of nitrogens with one attached hydrogen (secondary N) is 1. The first-order valence-corrected chi connectivity index (χ1v) is 10.3. The number of thiophene rings is 1. The lowest BCUT2D eigenvalue weighted by atomic mass is 10.2. The van der Waals surface area contributed by atoms with Gasteiger partial charge in [0.25, 0.3) is 5.91 Å². The van der Waals surface area contributed by atoms with Crippen LogP contribution in [0.2, 0.25) is 0 Å². The lowest BCUT2D eigenvalue weighted by molar-refractivity contribution is 0.0946. The van der Waals surface area contributed by atoms with Gasteiger partial charge in [0.05, 0.1) is 33.4 Å². The van der Waals surface area contributed by atoms with Crippen LogP contribution in [-0.2, 0) is 13.2 Å². The summed E-state index contributed by atoms with van der Waals surface area (Å²) in [7, 11) is 0. The maximum Gasteiger partial charge on any atom is 0.255 e. The summed E-state index contributed by atoms with van der Waals surface area (Å²) in [4.78, 5) is 22.4. The molecule has 0 unspecified atom stereocenters. The molecule has 3 heterocycles. The van der Waals surface area contributed by atoms with Crippen molar-refractivity contribution in [1.82, 2.24) is 15.3 Å². The molecule has 142 valence electrons. The fourth-order valence-electron chi connectivity index (χ4n) is 2.57. The molecule has 3 aromatic heterocycles. The number of para-hydroxylation sites is 1. The Morgan fingerprint density at radius 2 is 2.04 bits per heavy atom. The number of aromatic nitrogens is 2. The number of oxazole rings is 1. The van der Waals surface area contributed by atoms with Crippen molar-refractivity contribution < 1.29 is 13.9 Å². The van der Waals surface area contributed by atoms with Crippen LogP contribution < -0.4 is 10.1 Å². The molecule has 6 nitrogen and oxygen atoms in total. The summed E-state index contributed by atoms with van der Waals surface area (Å²) < 4.78 is 11.3. The summed E-state index contributed by atoms with van der Waals surface area (Å²) in [5.41, 5.74) is 1.98. The van der Waals surface area contributed by atoms with E-state index in [0.717, 1.165) is 15.6 Å². The Hall–Kier alpha value is -2.97. The van der Waals surface area contributed by atoms with Gasteiger partial charge in [0.2, 0.25) is 5.89 Å². The van der Waals surface area contributed by atoms with Crippen LogP contribution in [0, 0.1) is 6.92 Å². The molecule has 1 aromatic carbocycles. The Morgan fingerprint density at radius 1 is 1.14 bits per heavy atom. The van der Waals surface area contributed by atoms with Crippen molar-refractivity contribution in [3.05, 3.63) is 75.4 Å². The summed E-state index contributed by atoms with van der Waals surface area (Å²) >= 11 is 3.12. The highest BCUT2D eigenvalue weighted by Crippen LogP contribution is 2.24. The second kappa shape index (κ2) is 8.37. The molecule has 0 saturated carbocycles. The molecule has 0 aliphatic heterocycles. The second-order valence-corrected chi connectivity index (χ2v) is 7.96. The number of ether oxygens (including phenoxy) is 1. The van der Waals surface area contributed by atoms with E-state index in [1.165, 1.54) is 0 Å². The zero-order valence-electron chi connectivity index (χ0n) is 15.0. The van der Waals surface area contributed by atoms with E-state index in [9.17, 15) is 4.79 Å². The second-order valence-electron chi connectivity index (χ2n) is 5.95. The first kappa shape index (κ1) is 18.4. The van der Waals surface area contributed by atoms with E-state index in [1.54, 1.807) is 47.1 Å². The number of rotatable bonds is 7. The third kappa shape index (κ3) is 4.29. The molecule has 0 bridgehead atoms. The number of aryl methyl sites for hydroxylation is 1. The van der Waals surface area contributed by atoms with Crippen molar-refractivity contribution in [2.75, 3.05) is 0 Å². The zero-order chi connectivity index (χ0) is 19.3. The molecule has 4 rings (SSSR count). The fourth-order valence-corrected chi connectivity index (χ4v) is 3.83. The molecule has 1 amide bonds. The highest BCUT2D eigenvalue weighted by molar-refractivity contribution is 7.13. The van der Waals surface area contributed by atoms with Gasteiger partial charge in [0.1, 0.15) is 18.6 Å². The molecule has 0 atom stereocenters. The Balaban J connectivity index is 1.39. The van der Waals surface area contributed by atoms with Gasteiger partial charge in [-0.2, -0.15) is 0 Å². The van der Waals surface area contributed by atoms with Crippen molar-refractivity contribution in [2.45, 2.75) is 20.1 Å². The molecule has 8 heteroatoms. The molecule has 0 aliphatic rings. The molecule has 4 aromatic rings. The summed E-state index contributed by atoms with van der Waals surface area (Å²) in [6.45, 7) is 2.54. The van der Waals surface area contributed by atoms with Gasteiger partial charge in [-0.15, -0.1) is 22.7 Å². The summed E-state index contributed by atoms with van der Waals surface area (Å²) in [6, 6.07) is 11.0. The number of amides is 1. The highest BCUT2D eigenvalue weighted by atomic mass is 32.1. The van der Waals surface area contributed by atoms with Gasteiger partial charge in [0, 0.05) is 5.38 Å². The number of thiazole rings is 1. The van der Waals surface area contributed by atoms with E-state index in [-0.39, 0.29) is 12.5 Å². The topological polar surface area (TPSA) is 77.2 Å². The number of benzene rings is 1. The molecular weight excluding hydrogens is 394 g/mol. The summed E-state index contributed by atoms with van der Waals surface area (Å²) in [6.07, 6.45) is 1.56. The average Bonchev–Trinajstić information content (AvgIpc) is 3.46. The lowest BCUT2D eigenvalue weighted by Gasteiger charge is -2.10. The summed E-state index contributed by atoms with van der Waals surface area (Å²) in [5.74, 6) is 0.845. The van der Waals surface area contributed by atoms with Gasteiger partial charge in [-0.05, 0) is 30.5 Å². The maximum absolute atomic E-state index is 12.6. The van der Waals surface area contributed by atoms with Gasteiger partial charge in [0.15, 0.2) is 0 Å². The molecule has 0 saturated heterocycles. The van der Waals surface area contributed by atoms with Crippen LogP contribution in [-0.4, -0.2) is 15.9 Å². The lowest BCUT2D eigenvalue weighted by Crippen LogP contribution is -2.23. The smallest absolute Gasteiger partial charge is 0.255 e. The Labute approximate surface area is 169 Å². The fraction of sp³-hybridized carbons (Fsp3) is 0.150. The number of hydrogen-bond donors (Lipinski definition) is 1. The monoisotopic (exact) mass is 411 g/mol. The average molecular weight is 412 g/mol. The predicted molar refractivity (Wildman–Crippen MR) is 109 cm³/mol. The Bertz CT molecular complexity index is 1070. The molecular formula is C20H17N3O3S2. The third-order valence-corrected chi connectivity index (χ3v) is 5.57. The quantitative estimate of drug-likeness (QED) is 0.478. The van der Waals surface area contributed by atoms with E-state index < -0.39 is 0 Å². The maximum atomic E-state index is 12.6. The van der Waals surface area contributed by atoms with Gasteiger partial charge < -0.3 is 14.5 Å². The van der Waals surface area contributed by atoms with Crippen molar-refractivity contribution in [3.8, 4) is 16.5 Å². The zero-order valence-corrected chi connectivity index (χ0v) is 16.7. The normalized spacial score (nSPS) is 10.8. The summed E-state index contributed by atoms with van der Waals surface area (Å²) in [5, 5.41) is 7.77. The van der Waals surface area contributed by atoms with Gasteiger partial charge in [-0.25, -0.2) is 9.97 Å². The third-order valence-electron chi connectivity index (χ3n) is 3.89. The van der Waals surface area contributed by atoms with Crippen LogP contribution in [0.25, 0.3) is 10.8 Å². The van der Waals surface area contributed by atoms with Crippen LogP contribution in [0.5, 0.6) is 5.75 Å². The van der Waals surface area contributed by atoms with Crippen molar-refractivity contribution in [1.29, 1.82) is 0 Å². The van der Waals surface area contributed by atoms with Gasteiger partial charge >= 0.3 is 0 Å². The van der Waals surface area contributed by atoms with Gasteiger partial charge in [-0.1, -0.05) is 18.2 Å². The minimum Gasteiger partial charge on any atom is -0.486 e. The van der Waals surface area contributed by atoms with Crippen molar-refractivity contribution in [3.63, 3.8) is 0 Å². The standard InChI is InChI=1S/C20H17N3O3S2/c1-13-22-15(12-28-13)11-25-17-6-3-2-5-16(17)19(24)21-9-14-10-26-20(23-14)18-7-4-8-27-18/h2-8,10,12H,9,11H2,1H3,(H,21,24). The first-order chi connectivity index (χ1) is 13.7. The minimum atomic E-state index is -0.231. The predicted octanol–water partition coefficient (Wildman–Crippen LogP) is 4.68. The van der Waals surface area contributed by atoms with E-state index >= 15 is 0 Å². The molecule has 0 aliphatic carbocycles. The van der Waals surface area contributed by atoms with E-state index in [2.05, 4.69) is 15.3 Å². The van der Waals surface area contributed by atoms with Crippen LogP contribution in [0.1, 0.15) is 26.8 Å². The largest absolute Gasteiger partial charge is 0.486 e. The van der Waals surface area contributed by atoms with Crippen LogP contribution in [0.3, 0.4) is 0 Å². The number of carbonyl (C=O) groups is 1. The Kier molecular flexibility index (Phi) is 5.50. The van der Waals surface area contributed by atoms with Crippen molar-refractivity contribution >= 4 is 28.6 Å². The van der Waals surface area contributed by atoms with Crippen LogP contribution in [0.4, 0.5) is 0 Å². The molecule has 0 fully saturated rings. The van der Waals surface area contributed by atoms with Crippen LogP contribution in [0.15, 0.2) is 57.8 Å². The minimum absolute atomic E-state index is 0.231. The molecule has 0 spiro atoms. The number of nitrogens with zero attached hydrogens (tertiary/aromatic N) is 2. The Morgan fingerprint density at radius 3 is 2.82 bits per heavy atom. The van der Waals surface area contributed by atoms with Crippen molar-refractivity contribution in [2.24, 2.45) is 0 Å². The molecule has 28 heavy (non-hydrogen) atoms. The molecule has 0 radical (unpaired) electrons. The van der Waals surface area contributed by atoms with E-state index in [4.69, 9.17) is 9.15 Å². The van der Waals surface area contributed by atoms with Gasteiger partial charge in [-0.3, -0.25) is 4.79 Å². The van der Waals surface area contributed by atoms with Crippen LogP contribution >= 0.6 is 22.7 Å². The number of carbonyl (C=O) groups excluding carboxylic acids is 1. The highest BCUT2D eigenvalue weighted by Gasteiger charge is 2.14. The SMILES string of the molecule is Cc1nc(COc2ccccc2C(=O)NCc2coc(-c3cccs3)n2)cs1. The first-order valence-electron chi connectivity index (χ1n) is 8.58. The molecule has 1 N–H and O–H groups in total. The number of hydrogen-bond acceptors (Lipinski definition) is 7. The van der Waals surface area contributed by atoms with E-state index in [1.807, 2.05) is 35.9 Å². The van der Waals surface area contributed by atoms with E-state index in [0.29, 0.717) is 29.5 Å².